The van der Waals surface area contributed by atoms with Crippen LogP contribution in [0.1, 0.15) is 37.4 Å². The molecule has 0 aliphatic carbocycles. The largest absolute Gasteiger partial charge is 0.383 e. The van der Waals surface area contributed by atoms with Crippen molar-refractivity contribution in [1.82, 2.24) is 9.78 Å². The van der Waals surface area contributed by atoms with E-state index in [0.29, 0.717) is 6.61 Å². The van der Waals surface area contributed by atoms with E-state index in [2.05, 4.69) is 48.5 Å². The number of hydrogen-bond donors (Lipinski definition) is 1. The first-order valence-corrected chi connectivity index (χ1v) is 7.59. The molecule has 4 heteroatoms. The maximum Gasteiger partial charge on any atom is 0.0731 e. The molecular weight excluding hydrogens is 262 g/mol. The predicted molar refractivity (Wildman–Crippen MR) is 86.6 cm³/mol. The monoisotopic (exact) mass is 287 g/mol. The molecule has 0 aliphatic rings. The molecule has 0 fully saturated rings. The number of rotatable bonds is 8. The molecule has 2 aromatic rings. The Morgan fingerprint density at radius 3 is 2.71 bits per heavy atom. The minimum absolute atomic E-state index is 0.265. The highest BCUT2D eigenvalue weighted by Crippen LogP contribution is 2.19. The van der Waals surface area contributed by atoms with Crippen LogP contribution in [0.3, 0.4) is 0 Å². The summed E-state index contributed by atoms with van der Waals surface area (Å²) in [6.45, 7) is 5.83. The summed E-state index contributed by atoms with van der Waals surface area (Å²) in [6.07, 6.45) is 6.21. The molecular formula is C17H25N3O. The van der Waals surface area contributed by atoms with Gasteiger partial charge >= 0.3 is 0 Å². The first-order valence-electron chi connectivity index (χ1n) is 7.59. The number of benzene rings is 1. The molecule has 114 valence electrons. The van der Waals surface area contributed by atoms with Crippen molar-refractivity contribution < 1.29 is 4.74 Å². The molecule has 1 N–H and O–H groups in total. The van der Waals surface area contributed by atoms with Gasteiger partial charge in [-0.15, -0.1) is 0 Å². The number of anilines is 1. The summed E-state index contributed by atoms with van der Waals surface area (Å²) >= 11 is 0. The Kier molecular flexibility index (Phi) is 5.81. The van der Waals surface area contributed by atoms with E-state index in [0.717, 1.165) is 18.7 Å². The zero-order chi connectivity index (χ0) is 15.1. The summed E-state index contributed by atoms with van der Waals surface area (Å²) in [7, 11) is 1.70. The van der Waals surface area contributed by atoms with Gasteiger partial charge in [0, 0.05) is 19.3 Å². The van der Waals surface area contributed by atoms with Gasteiger partial charge in [0.1, 0.15) is 0 Å². The maximum atomic E-state index is 5.06. The fraction of sp³-hybridized carbons (Fsp3) is 0.471. The Hall–Kier alpha value is -1.81. The summed E-state index contributed by atoms with van der Waals surface area (Å²) in [4.78, 5) is 0. The van der Waals surface area contributed by atoms with Crippen LogP contribution < -0.4 is 5.32 Å². The van der Waals surface area contributed by atoms with Crippen LogP contribution in [0.2, 0.25) is 0 Å². The van der Waals surface area contributed by atoms with E-state index < -0.39 is 0 Å². The highest BCUT2D eigenvalue weighted by atomic mass is 16.5. The Bertz CT molecular complexity index is 533. The topological polar surface area (TPSA) is 39.1 Å². The summed E-state index contributed by atoms with van der Waals surface area (Å²) in [5.41, 5.74) is 3.73. The molecule has 0 radical (unpaired) electrons. The minimum Gasteiger partial charge on any atom is -0.383 e. The Balaban J connectivity index is 1.93. The Morgan fingerprint density at radius 1 is 1.29 bits per heavy atom. The summed E-state index contributed by atoms with van der Waals surface area (Å²) < 4.78 is 6.95. The number of nitrogens with one attached hydrogen (secondary N) is 1. The molecule has 1 heterocycles. The van der Waals surface area contributed by atoms with Gasteiger partial charge in [-0.3, -0.25) is 4.68 Å². The van der Waals surface area contributed by atoms with Crippen LogP contribution in [0.15, 0.2) is 36.7 Å². The van der Waals surface area contributed by atoms with E-state index in [4.69, 9.17) is 4.74 Å². The second kappa shape index (κ2) is 7.84. The highest BCUT2D eigenvalue weighted by molar-refractivity contribution is 5.41. The number of methoxy groups -OCH3 is 1. The summed E-state index contributed by atoms with van der Waals surface area (Å²) in [5, 5.41) is 7.80. The number of aryl methyl sites for hydroxylation is 1. The van der Waals surface area contributed by atoms with Crippen LogP contribution in [-0.4, -0.2) is 23.5 Å². The van der Waals surface area contributed by atoms with Crippen molar-refractivity contribution in [3.8, 4) is 0 Å². The van der Waals surface area contributed by atoms with Gasteiger partial charge in [0.25, 0.3) is 0 Å². The van der Waals surface area contributed by atoms with Gasteiger partial charge in [-0.05, 0) is 24.5 Å². The molecule has 0 bridgehead atoms. The second-order valence-electron chi connectivity index (χ2n) is 5.34. The van der Waals surface area contributed by atoms with Gasteiger partial charge in [0.05, 0.1) is 25.0 Å². The Labute approximate surface area is 127 Å². The molecule has 21 heavy (non-hydrogen) atoms. The molecule has 4 nitrogen and oxygen atoms in total. The smallest absolute Gasteiger partial charge is 0.0731 e. The lowest BCUT2D eigenvalue weighted by molar-refractivity contribution is 0.183. The van der Waals surface area contributed by atoms with E-state index in [-0.39, 0.29) is 6.04 Å². The Morgan fingerprint density at radius 2 is 2.05 bits per heavy atom. The van der Waals surface area contributed by atoms with Crippen molar-refractivity contribution in [2.75, 3.05) is 19.0 Å². The van der Waals surface area contributed by atoms with Crippen molar-refractivity contribution in [3.05, 3.63) is 47.8 Å². The van der Waals surface area contributed by atoms with E-state index >= 15 is 0 Å². The second-order valence-corrected chi connectivity index (χ2v) is 5.34. The zero-order valence-corrected chi connectivity index (χ0v) is 13.2. The first-order chi connectivity index (χ1) is 10.2. The number of hydrogen-bond acceptors (Lipinski definition) is 3. The van der Waals surface area contributed by atoms with Gasteiger partial charge in [-0.25, -0.2) is 0 Å². The number of nitrogens with zero attached hydrogens (tertiary/aromatic N) is 2. The number of ether oxygens (including phenoxy) is 1. The lowest BCUT2D eigenvalue weighted by Crippen LogP contribution is -2.06. The minimum atomic E-state index is 0.265. The third-order valence-electron chi connectivity index (χ3n) is 3.56. The third kappa shape index (κ3) is 4.60. The van der Waals surface area contributed by atoms with Gasteiger partial charge in [-0.2, -0.15) is 5.10 Å². The van der Waals surface area contributed by atoms with E-state index in [1.54, 1.807) is 7.11 Å². The van der Waals surface area contributed by atoms with E-state index in [9.17, 15) is 0 Å². The number of aromatic nitrogens is 2. The van der Waals surface area contributed by atoms with Crippen molar-refractivity contribution in [2.45, 2.75) is 39.3 Å². The van der Waals surface area contributed by atoms with Crippen molar-refractivity contribution in [2.24, 2.45) is 0 Å². The molecule has 1 aromatic carbocycles. The molecule has 0 spiro atoms. The van der Waals surface area contributed by atoms with E-state index in [1.165, 1.54) is 17.5 Å². The molecule has 1 atom stereocenters. The van der Waals surface area contributed by atoms with Gasteiger partial charge in [0.2, 0.25) is 0 Å². The maximum absolute atomic E-state index is 5.06. The fourth-order valence-corrected chi connectivity index (χ4v) is 2.34. The van der Waals surface area contributed by atoms with Gasteiger partial charge in [0.15, 0.2) is 0 Å². The van der Waals surface area contributed by atoms with Crippen molar-refractivity contribution >= 4 is 5.69 Å². The van der Waals surface area contributed by atoms with Crippen molar-refractivity contribution in [3.63, 3.8) is 0 Å². The first kappa shape index (κ1) is 15.6. The van der Waals surface area contributed by atoms with Gasteiger partial charge < -0.3 is 10.1 Å². The fourth-order valence-electron chi connectivity index (χ4n) is 2.34. The van der Waals surface area contributed by atoms with Crippen LogP contribution >= 0.6 is 0 Å². The van der Waals surface area contributed by atoms with Crippen molar-refractivity contribution in [1.29, 1.82) is 0 Å². The molecule has 0 saturated carbocycles. The predicted octanol–water partition coefficient (Wildman–Crippen LogP) is 3.66. The third-order valence-corrected chi connectivity index (χ3v) is 3.56. The molecule has 1 unspecified atom stereocenters. The standard InChI is InChI=1S/C17H25N3O/c1-4-5-15-6-8-16(9-7-15)14(2)19-17-12-18-20(13-17)10-11-21-3/h6-9,12-14,19H,4-5,10-11H2,1-3H3. The molecule has 2 rings (SSSR count). The molecule has 0 amide bonds. The lowest BCUT2D eigenvalue weighted by atomic mass is 10.0. The molecule has 0 aliphatic heterocycles. The van der Waals surface area contributed by atoms with Crippen LogP contribution in [0.4, 0.5) is 5.69 Å². The SMILES string of the molecule is CCCc1ccc(C(C)Nc2cnn(CCOC)c2)cc1. The summed E-state index contributed by atoms with van der Waals surface area (Å²) in [6, 6.07) is 9.12. The van der Waals surface area contributed by atoms with Crippen LogP contribution in [0.5, 0.6) is 0 Å². The highest BCUT2D eigenvalue weighted by Gasteiger charge is 2.07. The normalized spacial score (nSPS) is 12.3. The van der Waals surface area contributed by atoms with Gasteiger partial charge in [-0.1, -0.05) is 37.6 Å². The molecule has 0 saturated heterocycles. The molecule has 1 aromatic heterocycles. The van der Waals surface area contributed by atoms with Crippen LogP contribution in [0, 0.1) is 0 Å². The zero-order valence-electron chi connectivity index (χ0n) is 13.2. The summed E-state index contributed by atoms with van der Waals surface area (Å²) in [5.74, 6) is 0. The van der Waals surface area contributed by atoms with Crippen LogP contribution in [0.25, 0.3) is 0 Å². The van der Waals surface area contributed by atoms with E-state index in [1.807, 2.05) is 17.1 Å². The quantitative estimate of drug-likeness (QED) is 0.805. The lowest BCUT2D eigenvalue weighted by Gasteiger charge is -2.14. The average molecular weight is 287 g/mol. The van der Waals surface area contributed by atoms with Crippen LogP contribution in [-0.2, 0) is 17.7 Å². The average Bonchev–Trinajstić information content (AvgIpc) is 2.93.